The summed E-state index contributed by atoms with van der Waals surface area (Å²) in [5.74, 6) is 0.137. The predicted octanol–water partition coefficient (Wildman–Crippen LogP) is 2.35. The van der Waals surface area contributed by atoms with E-state index in [0.717, 1.165) is 34.5 Å². The summed E-state index contributed by atoms with van der Waals surface area (Å²) in [5, 5.41) is 0. The number of carbonyl (C=O) groups excluding carboxylic acids is 1. The van der Waals surface area contributed by atoms with Crippen molar-refractivity contribution in [2.24, 2.45) is 0 Å². The second-order valence-corrected chi connectivity index (χ2v) is 4.28. The molecule has 0 aromatic carbocycles. The van der Waals surface area contributed by atoms with E-state index >= 15 is 0 Å². The van der Waals surface area contributed by atoms with Crippen LogP contribution in [0.15, 0.2) is 30.1 Å². The minimum Gasteiger partial charge on any atom is -0.295 e. The highest BCUT2D eigenvalue weighted by Gasteiger charge is 2.18. The summed E-state index contributed by atoms with van der Waals surface area (Å²) in [6, 6.07) is 0. The summed E-state index contributed by atoms with van der Waals surface area (Å²) in [7, 11) is 0. The Balaban J connectivity index is 2.05. The molecule has 3 rings (SSSR count). The van der Waals surface area contributed by atoms with Gasteiger partial charge in [0, 0.05) is 12.0 Å². The highest BCUT2D eigenvalue weighted by Crippen LogP contribution is 2.30. The molecule has 84 valence electrons. The number of carbonyl (C=O) groups is 1. The number of ketones is 1. The lowest BCUT2D eigenvalue weighted by molar-refractivity contribution is -0.113. The number of nitrogens with zero attached hydrogens (tertiary/aromatic N) is 2. The Morgan fingerprint density at radius 1 is 1.29 bits per heavy atom. The topological polar surface area (TPSA) is 42.9 Å². The highest BCUT2D eigenvalue weighted by molar-refractivity contribution is 5.99. The number of aromatic nitrogens is 2. The zero-order valence-electron chi connectivity index (χ0n) is 9.60. The molecule has 0 unspecified atom stereocenters. The van der Waals surface area contributed by atoms with Crippen LogP contribution in [0, 0.1) is 0 Å². The van der Waals surface area contributed by atoms with Gasteiger partial charge in [0.2, 0.25) is 0 Å². The van der Waals surface area contributed by atoms with Crippen molar-refractivity contribution in [2.75, 3.05) is 0 Å². The molecule has 2 aliphatic carbocycles. The Bertz CT molecular complexity index is 594. The summed E-state index contributed by atoms with van der Waals surface area (Å²) in [6.45, 7) is 1.60. The SMILES string of the molecule is CC(=O)C1=CC(c2ncnc3c2C=CC3)=CC1. The molecular formula is C14H12N2O. The molecule has 3 heteroatoms. The normalized spacial score (nSPS) is 16.8. The molecule has 17 heavy (non-hydrogen) atoms. The van der Waals surface area contributed by atoms with Crippen LogP contribution < -0.4 is 0 Å². The average molecular weight is 224 g/mol. The van der Waals surface area contributed by atoms with E-state index in [2.05, 4.69) is 28.2 Å². The molecule has 1 aromatic rings. The van der Waals surface area contributed by atoms with Crippen LogP contribution in [0.2, 0.25) is 0 Å². The molecule has 2 aliphatic rings. The Morgan fingerprint density at radius 3 is 2.94 bits per heavy atom. The van der Waals surface area contributed by atoms with Crippen LogP contribution in [-0.4, -0.2) is 15.8 Å². The quantitative estimate of drug-likeness (QED) is 0.774. The van der Waals surface area contributed by atoms with Crippen molar-refractivity contribution in [1.82, 2.24) is 9.97 Å². The summed E-state index contributed by atoms with van der Waals surface area (Å²) in [4.78, 5) is 19.9. The number of allylic oxidation sites excluding steroid dienone is 5. The van der Waals surface area contributed by atoms with Crippen molar-refractivity contribution in [3.8, 4) is 0 Å². The second kappa shape index (κ2) is 3.77. The van der Waals surface area contributed by atoms with E-state index in [1.54, 1.807) is 13.3 Å². The number of Topliss-reactive ketones (excluding diaryl/α,β-unsaturated/α-hetero) is 1. The van der Waals surface area contributed by atoms with Crippen LogP contribution in [0.5, 0.6) is 0 Å². The van der Waals surface area contributed by atoms with Gasteiger partial charge in [-0.05, 0) is 30.6 Å². The first-order valence-corrected chi connectivity index (χ1v) is 5.68. The van der Waals surface area contributed by atoms with Gasteiger partial charge < -0.3 is 0 Å². The fraction of sp³-hybridized carbons (Fsp3) is 0.214. The van der Waals surface area contributed by atoms with Gasteiger partial charge in [0.1, 0.15) is 6.33 Å². The average Bonchev–Trinajstić information content (AvgIpc) is 2.97. The molecule has 3 nitrogen and oxygen atoms in total. The van der Waals surface area contributed by atoms with Gasteiger partial charge in [0.25, 0.3) is 0 Å². The lowest BCUT2D eigenvalue weighted by atomic mass is 10.1. The summed E-state index contributed by atoms with van der Waals surface area (Å²) < 4.78 is 0. The van der Waals surface area contributed by atoms with E-state index in [9.17, 15) is 4.79 Å². The number of hydrogen-bond donors (Lipinski definition) is 0. The third kappa shape index (κ3) is 1.64. The molecular weight excluding hydrogens is 212 g/mol. The predicted molar refractivity (Wildman–Crippen MR) is 66.1 cm³/mol. The highest BCUT2D eigenvalue weighted by atomic mass is 16.1. The fourth-order valence-corrected chi connectivity index (χ4v) is 2.22. The minimum atomic E-state index is 0.137. The maximum Gasteiger partial charge on any atom is 0.156 e. The van der Waals surface area contributed by atoms with E-state index in [4.69, 9.17) is 0 Å². The number of hydrogen-bond acceptors (Lipinski definition) is 3. The Morgan fingerprint density at radius 2 is 2.18 bits per heavy atom. The molecule has 0 N–H and O–H groups in total. The maximum absolute atomic E-state index is 11.3. The molecule has 0 aliphatic heterocycles. The Hall–Kier alpha value is -2.03. The number of rotatable bonds is 2. The molecule has 0 radical (unpaired) electrons. The van der Waals surface area contributed by atoms with Gasteiger partial charge >= 0.3 is 0 Å². The zero-order chi connectivity index (χ0) is 11.8. The van der Waals surface area contributed by atoms with E-state index < -0.39 is 0 Å². The number of fused-ring (bicyclic) bond motifs is 1. The van der Waals surface area contributed by atoms with Gasteiger partial charge in [-0.2, -0.15) is 0 Å². The van der Waals surface area contributed by atoms with Crippen molar-refractivity contribution in [1.29, 1.82) is 0 Å². The van der Waals surface area contributed by atoms with E-state index in [0.29, 0.717) is 6.42 Å². The third-order valence-electron chi connectivity index (χ3n) is 3.16. The molecule has 1 aromatic heterocycles. The van der Waals surface area contributed by atoms with Crippen molar-refractivity contribution in [3.63, 3.8) is 0 Å². The van der Waals surface area contributed by atoms with Gasteiger partial charge in [-0.25, -0.2) is 9.97 Å². The van der Waals surface area contributed by atoms with Crippen LogP contribution in [0.3, 0.4) is 0 Å². The molecule has 0 saturated heterocycles. The molecule has 0 fully saturated rings. The van der Waals surface area contributed by atoms with Crippen molar-refractivity contribution < 1.29 is 4.79 Å². The first-order chi connectivity index (χ1) is 8.25. The van der Waals surface area contributed by atoms with Gasteiger partial charge in [0.15, 0.2) is 5.78 Å². The van der Waals surface area contributed by atoms with Crippen LogP contribution in [0.1, 0.15) is 30.3 Å². The lowest BCUT2D eigenvalue weighted by Gasteiger charge is -2.04. The smallest absolute Gasteiger partial charge is 0.156 e. The minimum absolute atomic E-state index is 0.137. The largest absolute Gasteiger partial charge is 0.295 e. The van der Waals surface area contributed by atoms with Crippen LogP contribution in [-0.2, 0) is 11.2 Å². The van der Waals surface area contributed by atoms with E-state index in [-0.39, 0.29) is 5.78 Å². The molecule has 0 amide bonds. The van der Waals surface area contributed by atoms with Crippen LogP contribution >= 0.6 is 0 Å². The third-order valence-corrected chi connectivity index (χ3v) is 3.16. The molecule has 0 atom stereocenters. The molecule has 0 saturated carbocycles. The Labute approximate surface area is 99.6 Å². The summed E-state index contributed by atoms with van der Waals surface area (Å²) in [6.07, 6.45) is 11.3. The summed E-state index contributed by atoms with van der Waals surface area (Å²) in [5.41, 5.74) is 5.01. The van der Waals surface area contributed by atoms with Gasteiger partial charge in [-0.3, -0.25) is 4.79 Å². The van der Waals surface area contributed by atoms with E-state index in [1.807, 2.05) is 6.08 Å². The first kappa shape index (κ1) is 10.1. The molecule has 1 heterocycles. The first-order valence-electron chi connectivity index (χ1n) is 5.68. The van der Waals surface area contributed by atoms with Gasteiger partial charge in [-0.1, -0.05) is 18.2 Å². The maximum atomic E-state index is 11.3. The van der Waals surface area contributed by atoms with Gasteiger partial charge in [-0.15, -0.1) is 0 Å². The van der Waals surface area contributed by atoms with Crippen LogP contribution in [0.25, 0.3) is 11.6 Å². The molecule has 0 spiro atoms. The molecule has 0 bridgehead atoms. The van der Waals surface area contributed by atoms with Crippen molar-refractivity contribution in [3.05, 3.63) is 47.1 Å². The Kier molecular flexibility index (Phi) is 2.25. The fourth-order valence-electron chi connectivity index (χ4n) is 2.22. The summed E-state index contributed by atoms with van der Waals surface area (Å²) >= 11 is 0. The van der Waals surface area contributed by atoms with E-state index in [1.165, 1.54) is 0 Å². The van der Waals surface area contributed by atoms with Crippen molar-refractivity contribution in [2.45, 2.75) is 19.8 Å². The van der Waals surface area contributed by atoms with Crippen LogP contribution in [0.4, 0.5) is 0 Å². The lowest BCUT2D eigenvalue weighted by Crippen LogP contribution is -1.97. The van der Waals surface area contributed by atoms with Crippen molar-refractivity contribution >= 4 is 17.4 Å². The second-order valence-electron chi connectivity index (χ2n) is 4.28. The monoisotopic (exact) mass is 224 g/mol. The zero-order valence-corrected chi connectivity index (χ0v) is 9.60. The standard InChI is InChI=1S/C14H12N2O/c1-9(17)10-5-6-11(7-10)14-12-3-2-4-13(12)15-8-16-14/h2-3,6-8H,4-5H2,1H3. The van der Waals surface area contributed by atoms with Gasteiger partial charge in [0.05, 0.1) is 11.4 Å².